The monoisotopic (exact) mass is 197 g/mol. The molecule has 3 heteroatoms. The molecule has 1 aromatic carbocycles. The Morgan fingerprint density at radius 1 is 1.46 bits per heavy atom. The van der Waals surface area contributed by atoms with E-state index in [0.717, 1.165) is 16.1 Å². The van der Waals surface area contributed by atoms with Crippen molar-refractivity contribution in [3.63, 3.8) is 0 Å². The molecule has 2 nitrogen and oxygen atoms in total. The molecule has 70 valence electrons. The molecule has 0 amide bonds. The second kappa shape index (κ2) is 3.29. The summed E-state index contributed by atoms with van der Waals surface area (Å²) in [5.74, 6) is 0. The largest absolute Gasteiger partial charge is 0.372 e. The second-order valence-corrected chi connectivity index (χ2v) is 3.79. The fraction of sp³-hybridized carbons (Fsp3) is 0.400. The first-order chi connectivity index (χ1) is 6.18. The Bertz CT molecular complexity index is 327. The Morgan fingerprint density at radius 2 is 2.23 bits per heavy atom. The molecule has 1 heterocycles. The number of ether oxygens (including phenoxy) is 1. The number of benzene rings is 1. The first-order valence-corrected chi connectivity index (χ1v) is 4.73. The summed E-state index contributed by atoms with van der Waals surface area (Å²) in [6.07, 6.45) is 0.132. The Kier molecular flexibility index (Phi) is 2.28. The Morgan fingerprint density at radius 3 is 3.00 bits per heavy atom. The maximum absolute atomic E-state index is 5.89. The third-order valence-electron chi connectivity index (χ3n) is 2.41. The highest BCUT2D eigenvalue weighted by Gasteiger charge is 2.22. The van der Waals surface area contributed by atoms with Crippen molar-refractivity contribution in [3.8, 4) is 0 Å². The van der Waals surface area contributed by atoms with Crippen LogP contribution in [0.25, 0.3) is 0 Å². The number of fused-ring (bicyclic) bond motifs is 1. The van der Waals surface area contributed by atoms with Gasteiger partial charge in [-0.25, -0.2) is 0 Å². The van der Waals surface area contributed by atoms with Crippen molar-refractivity contribution in [2.75, 3.05) is 6.61 Å². The van der Waals surface area contributed by atoms with E-state index < -0.39 is 0 Å². The van der Waals surface area contributed by atoms with Crippen molar-refractivity contribution in [2.24, 2.45) is 5.73 Å². The zero-order chi connectivity index (χ0) is 9.42. The van der Waals surface area contributed by atoms with E-state index >= 15 is 0 Å². The van der Waals surface area contributed by atoms with Crippen molar-refractivity contribution in [2.45, 2.75) is 19.1 Å². The maximum Gasteiger partial charge on any atom is 0.0801 e. The molecule has 1 aliphatic rings. The van der Waals surface area contributed by atoms with Crippen LogP contribution in [-0.4, -0.2) is 6.61 Å². The molecule has 0 radical (unpaired) electrons. The Balaban J connectivity index is 2.50. The van der Waals surface area contributed by atoms with E-state index in [9.17, 15) is 0 Å². The summed E-state index contributed by atoms with van der Waals surface area (Å²) in [7, 11) is 0. The predicted octanol–water partition coefficient (Wildman–Crippen LogP) is 2.43. The maximum atomic E-state index is 5.89. The lowest BCUT2D eigenvalue weighted by atomic mass is 9.95. The second-order valence-electron chi connectivity index (χ2n) is 3.36. The molecule has 2 atom stereocenters. The summed E-state index contributed by atoms with van der Waals surface area (Å²) in [6.45, 7) is 2.60. The molecule has 13 heavy (non-hydrogen) atoms. The molecule has 0 aromatic heterocycles. The molecule has 2 N–H and O–H groups in total. The van der Waals surface area contributed by atoms with Gasteiger partial charge >= 0.3 is 0 Å². The lowest BCUT2D eigenvalue weighted by Crippen LogP contribution is -2.25. The van der Waals surface area contributed by atoms with E-state index in [1.165, 1.54) is 0 Å². The quantitative estimate of drug-likeness (QED) is 0.694. The van der Waals surface area contributed by atoms with Gasteiger partial charge in [-0.1, -0.05) is 17.7 Å². The van der Waals surface area contributed by atoms with Crippen LogP contribution in [0.1, 0.15) is 30.2 Å². The van der Waals surface area contributed by atoms with Gasteiger partial charge in [-0.15, -0.1) is 0 Å². The molecule has 0 bridgehead atoms. The molecule has 1 aliphatic heterocycles. The van der Waals surface area contributed by atoms with Crippen molar-refractivity contribution in [1.29, 1.82) is 0 Å². The van der Waals surface area contributed by atoms with Gasteiger partial charge in [-0.2, -0.15) is 0 Å². The number of nitrogens with two attached hydrogens (primary N) is 1. The summed E-state index contributed by atoms with van der Waals surface area (Å²) in [6, 6.07) is 5.75. The molecule has 0 fully saturated rings. The minimum atomic E-state index is -0.0371. The van der Waals surface area contributed by atoms with Gasteiger partial charge < -0.3 is 10.5 Å². The van der Waals surface area contributed by atoms with Crippen molar-refractivity contribution >= 4 is 11.6 Å². The van der Waals surface area contributed by atoms with Gasteiger partial charge in [0.2, 0.25) is 0 Å². The van der Waals surface area contributed by atoms with Gasteiger partial charge in [0, 0.05) is 5.02 Å². The zero-order valence-electron chi connectivity index (χ0n) is 7.46. The van der Waals surface area contributed by atoms with Crippen LogP contribution in [0.3, 0.4) is 0 Å². The number of hydrogen-bond donors (Lipinski definition) is 1. The highest BCUT2D eigenvalue weighted by atomic mass is 35.5. The van der Waals surface area contributed by atoms with Crippen LogP contribution < -0.4 is 5.73 Å². The normalized spacial score (nSPS) is 27.0. The summed E-state index contributed by atoms with van der Waals surface area (Å²) in [5.41, 5.74) is 8.17. The highest BCUT2D eigenvalue weighted by molar-refractivity contribution is 6.30. The average molecular weight is 198 g/mol. The standard InChI is InChI=1S/C10H12ClNO/c1-6-8-3-2-7(11)4-9(8)10(12)5-13-6/h2-4,6,10H,5,12H2,1H3/t6-,10-/m1/s1. The number of rotatable bonds is 0. The van der Waals surface area contributed by atoms with Crippen molar-refractivity contribution < 1.29 is 4.74 Å². The molecule has 0 saturated heterocycles. The van der Waals surface area contributed by atoms with Crippen LogP contribution in [-0.2, 0) is 4.74 Å². The fourth-order valence-electron chi connectivity index (χ4n) is 1.66. The number of hydrogen-bond acceptors (Lipinski definition) is 2. The molecular weight excluding hydrogens is 186 g/mol. The zero-order valence-corrected chi connectivity index (χ0v) is 8.21. The first-order valence-electron chi connectivity index (χ1n) is 4.35. The van der Waals surface area contributed by atoms with Gasteiger partial charge in [-0.05, 0) is 30.2 Å². The van der Waals surface area contributed by atoms with Gasteiger partial charge in [0.15, 0.2) is 0 Å². The summed E-state index contributed by atoms with van der Waals surface area (Å²) < 4.78 is 5.49. The predicted molar refractivity (Wildman–Crippen MR) is 52.7 cm³/mol. The Labute approximate surface area is 82.6 Å². The highest BCUT2D eigenvalue weighted by Crippen LogP contribution is 2.32. The van der Waals surface area contributed by atoms with Gasteiger partial charge in [0.05, 0.1) is 18.8 Å². The molecule has 0 spiro atoms. The van der Waals surface area contributed by atoms with E-state index in [1.807, 2.05) is 25.1 Å². The first kappa shape index (κ1) is 9.00. The van der Waals surface area contributed by atoms with E-state index in [-0.39, 0.29) is 12.1 Å². The third-order valence-corrected chi connectivity index (χ3v) is 2.65. The lowest BCUT2D eigenvalue weighted by molar-refractivity contribution is 0.0408. The van der Waals surface area contributed by atoms with Crippen LogP contribution in [0.15, 0.2) is 18.2 Å². The average Bonchev–Trinajstić information content (AvgIpc) is 2.12. The Hall–Kier alpha value is -0.570. The number of halogens is 1. The summed E-state index contributed by atoms with van der Waals surface area (Å²) in [5, 5.41) is 0.739. The third kappa shape index (κ3) is 1.57. The SMILES string of the molecule is C[C@H]1OC[C@@H](N)c2cc(Cl)ccc21. The van der Waals surface area contributed by atoms with Crippen LogP contribution in [0.2, 0.25) is 5.02 Å². The van der Waals surface area contributed by atoms with Crippen molar-refractivity contribution in [1.82, 2.24) is 0 Å². The molecule has 0 unspecified atom stereocenters. The molecule has 2 rings (SSSR count). The van der Waals surface area contributed by atoms with E-state index in [0.29, 0.717) is 6.61 Å². The van der Waals surface area contributed by atoms with Crippen LogP contribution in [0, 0.1) is 0 Å². The minimum absolute atomic E-state index is 0.0371. The van der Waals surface area contributed by atoms with Crippen LogP contribution in [0.5, 0.6) is 0 Å². The topological polar surface area (TPSA) is 35.2 Å². The summed E-state index contributed by atoms with van der Waals surface area (Å²) >= 11 is 5.89. The summed E-state index contributed by atoms with van der Waals surface area (Å²) in [4.78, 5) is 0. The van der Waals surface area contributed by atoms with E-state index in [1.54, 1.807) is 0 Å². The van der Waals surface area contributed by atoms with E-state index in [2.05, 4.69) is 0 Å². The molecule has 0 saturated carbocycles. The molecule has 0 aliphatic carbocycles. The van der Waals surface area contributed by atoms with Crippen LogP contribution in [0.4, 0.5) is 0 Å². The minimum Gasteiger partial charge on any atom is -0.372 e. The van der Waals surface area contributed by atoms with Gasteiger partial charge in [-0.3, -0.25) is 0 Å². The fourth-order valence-corrected chi connectivity index (χ4v) is 1.85. The van der Waals surface area contributed by atoms with E-state index in [4.69, 9.17) is 22.1 Å². The smallest absolute Gasteiger partial charge is 0.0801 e. The lowest BCUT2D eigenvalue weighted by Gasteiger charge is -2.27. The molecular formula is C10H12ClNO. The molecule has 1 aromatic rings. The van der Waals surface area contributed by atoms with Gasteiger partial charge in [0.25, 0.3) is 0 Å². The van der Waals surface area contributed by atoms with Crippen LogP contribution >= 0.6 is 11.6 Å². The van der Waals surface area contributed by atoms with Gasteiger partial charge in [0.1, 0.15) is 0 Å². The van der Waals surface area contributed by atoms with Crippen molar-refractivity contribution in [3.05, 3.63) is 34.3 Å².